The highest BCUT2D eigenvalue weighted by atomic mass is 127. The SMILES string of the molecule is Cc1cc2n(n1)CCC(I)=CN2C. The predicted octanol–water partition coefficient (Wildman–Crippen LogP) is 2.31. The van der Waals surface area contributed by atoms with E-state index in [-0.39, 0.29) is 0 Å². The quantitative estimate of drug-likeness (QED) is 0.683. The minimum Gasteiger partial charge on any atom is -0.336 e. The summed E-state index contributed by atoms with van der Waals surface area (Å²) in [6, 6.07) is 2.12. The maximum atomic E-state index is 4.43. The van der Waals surface area contributed by atoms with Crippen LogP contribution in [0.1, 0.15) is 12.1 Å². The second kappa shape index (κ2) is 3.32. The zero-order valence-corrected chi connectivity index (χ0v) is 9.95. The molecule has 0 amide bonds. The van der Waals surface area contributed by atoms with Gasteiger partial charge in [-0.25, -0.2) is 4.68 Å². The molecule has 4 heteroatoms. The van der Waals surface area contributed by atoms with E-state index in [1.165, 1.54) is 9.40 Å². The van der Waals surface area contributed by atoms with Gasteiger partial charge in [-0.2, -0.15) is 5.10 Å². The summed E-state index contributed by atoms with van der Waals surface area (Å²) in [6.45, 7) is 3.02. The van der Waals surface area contributed by atoms with E-state index in [2.05, 4.69) is 56.6 Å². The Morgan fingerprint density at radius 1 is 1.54 bits per heavy atom. The van der Waals surface area contributed by atoms with Crippen LogP contribution in [0.5, 0.6) is 0 Å². The minimum atomic E-state index is 0.988. The van der Waals surface area contributed by atoms with Gasteiger partial charge in [0.1, 0.15) is 5.82 Å². The highest BCUT2D eigenvalue weighted by Crippen LogP contribution is 2.24. The average molecular weight is 289 g/mol. The van der Waals surface area contributed by atoms with Crippen molar-refractivity contribution in [2.24, 2.45) is 0 Å². The van der Waals surface area contributed by atoms with Crippen LogP contribution in [0.3, 0.4) is 0 Å². The number of aryl methyl sites for hydroxylation is 2. The summed E-state index contributed by atoms with van der Waals surface area (Å²) in [7, 11) is 2.07. The Labute approximate surface area is 91.6 Å². The third kappa shape index (κ3) is 1.72. The molecular weight excluding hydrogens is 277 g/mol. The standard InChI is InChI=1S/C9H12IN3/c1-7-5-9-12(2)6-8(10)3-4-13(9)11-7/h5-6H,3-4H2,1-2H3. The van der Waals surface area contributed by atoms with E-state index < -0.39 is 0 Å². The van der Waals surface area contributed by atoms with Crippen LogP contribution < -0.4 is 4.90 Å². The molecule has 1 aromatic heterocycles. The van der Waals surface area contributed by atoms with Gasteiger partial charge in [0.05, 0.1) is 5.69 Å². The molecule has 0 radical (unpaired) electrons. The first-order valence-electron chi connectivity index (χ1n) is 4.30. The predicted molar refractivity (Wildman–Crippen MR) is 62.1 cm³/mol. The summed E-state index contributed by atoms with van der Waals surface area (Å²) in [5.74, 6) is 1.18. The molecule has 0 aromatic carbocycles. The Hall–Kier alpha value is -0.520. The molecule has 2 rings (SSSR count). The largest absolute Gasteiger partial charge is 0.336 e. The van der Waals surface area contributed by atoms with Crippen LogP contribution in [0.4, 0.5) is 5.82 Å². The molecule has 0 unspecified atom stereocenters. The fourth-order valence-electron chi connectivity index (χ4n) is 1.53. The van der Waals surface area contributed by atoms with Gasteiger partial charge < -0.3 is 4.90 Å². The van der Waals surface area contributed by atoms with Gasteiger partial charge in [-0.05, 0) is 35.9 Å². The van der Waals surface area contributed by atoms with Crippen molar-refractivity contribution in [3.63, 3.8) is 0 Å². The van der Waals surface area contributed by atoms with Crippen LogP contribution in [-0.2, 0) is 6.54 Å². The summed E-state index contributed by atoms with van der Waals surface area (Å²) >= 11 is 2.38. The summed E-state index contributed by atoms with van der Waals surface area (Å²) in [6.07, 6.45) is 3.25. The van der Waals surface area contributed by atoms with Crippen LogP contribution in [0, 0.1) is 6.92 Å². The molecule has 1 aliphatic heterocycles. The molecule has 1 aromatic rings. The third-order valence-electron chi connectivity index (χ3n) is 2.14. The molecule has 0 atom stereocenters. The van der Waals surface area contributed by atoms with Gasteiger partial charge in [0, 0.05) is 29.4 Å². The zero-order valence-electron chi connectivity index (χ0n) is 7.79. The van der Waals surface area contributed by atoms with E-state index in [0.29, 0.717) is 0 Å². The first-order chi connectivity index (χ1) is 6.16. The molecule has 2 heterocycles. The average Bonchev–Trinajstić information content (AvgIpc) is 2.38. The number of aromatic nitrogens is 2. The van der Waals surface area contributed by atoms with E-state index in [0.717, 1.165) is 18.7 Å². The first kappa shape index (κ1) is 9.05. The molecule has 0 fully saturated rings. The lowest BCUT2D eigenvalue weighted by Crippen LogP contribution is -2.11. The number of allylic oxidation sites excluding steroid dienone is 1. The van der Waals surface area contributed by atoms with E-state index >= 15 is 0 Å². The summed E-state index contributed by atoms with van der Waals surface area (Å²) in [5, 5.41) is 4.43. The molecule has 1 aliphatic rings. The van der Waals surface area contributed by atoms with Gasteiger partial charge >= 0.3 is 0 Å². The molecule has 0 saturated carbocycles. The van der Waals surface area contributed by atoms with E-state index in [4.69, 9.17) is 0 Å². The van der Waals surface area contributed by atoms with Gasteiger partial charge in [0.2, 0.25) is 0 Å². The molecule has 0 bridgehead atoms. The van der Waals surface area contributed by atoms with Crippen LogP contribution >= 0.6 is 22.6 Å². The van der Waals surface area contributed by atoms with Gasteiger partial charge in [-0.1, -0.05) is 0 Å². The van der Waals surface area contributed by atoms with Crippen LogP contribution in [0.25, 0.3) is 0 Å². The molecule has 70 valence electrons. The number of fused-ring (bicyclic) bond motifs is 1. The maximum Gasteiger partial charge on any atom is 0.130 e. The second-order valence-corrected chi connectivity index (χ2v) is 4.69. The van der Waals surface area contributed by atoms with Crippen molar-refractivity contribution < 1.29 is 0 Å². The number of hydrogen-bond donors (Lipinski definition) is 0. The van der Waals surface area contributed by atoms with E-state index in [1.54, 1.807) is 0 Å². The van der Waals surface area contributed by atoms with Crippen molar-refractivity contribution in [3.8, 4) is 0 Å². The van der Waals surface area contributed by atoms with E-state index in [9.17, 15) is 0 Å². The van der Waals surface area contributed by atoms with Crippen LogP contribution in [-0.4, -0.2) is 16.8 Å². The Morgan fingerprint density at radius 3 is 3.08 bits per heavy atom. The molecule has 0 N–H and O–H groups in total. The number of nitrogens with zero attached hydrogens (tertiary/aromatic N) is 3. The monoisotopic (exact) mass is 289 g/mol. The highest BCUT2D eigenvalue weighted by Gasteiger charge is 2.12. The molecule has 0 spiro atoms. The zero-order chi connectivity index (χ0) is 9.42. The lowest BCUT2D eigenvalue weighted by molar-refractivity contribution is 0.625. The van der Waals surface area contributed by atoms with Crippen molar-refractivity contribution in [1.82, 2.24) is 9.78 Å². The van der Waals surface area contributed by atoms with Gasteiger partial charge in [-0.15, -0.1) is 0 Å². The lowest BCUT2D eigenvalue weighted by atomic mass is 10.4. The number of anilines is 1. The van der Waals surface area contributed by atoms with Crippen LogP contribution in [0.2, 0.25) is 0 Å². The smallest absolute Gasteiger partial charge is 0.130 e. The number of hydrogen-bond acceptors (Lipinski definition) is 2. The molecule has 0 aliphatic carbocycles. The Kier molecular flexibility index (Phi) is 2.31. The fourth-order valence-corrected chi connectivity index (χ4v) is 2.19. The van der Waals surface area contributed by atoms with Crippen molar-refractivity contribution in [1.29, 1.82) is 0 Å². The first-order valence-corrected chi connectivity index (χ1v) is 5.38. The van der Waals surface area contributed by atoms with Gasteiger partial charge in [0.15, 0.2) is 0 Å². The minimum absolute atomic E-state index is 0.988. The maximum absolute atomic E-state index is 4.43. The third-order valence-corrected chi connectivity index (χ3v) is 2.96. The summed E-state index contributed by atoms with van der Waals surface area (Å²) in [5.41, 5.74) is 1.09. The Morgan fingerprint density at radius 2 is 2.31 bits per heavy atom. The lowest BCUT2D eigenvalue weighted by Gasteiger charge is -2.12. The van der Waals surface area contributed by atoms with Gasteiger partial charge in [0.25, 0.3) is 0 Å². The van der Waals surface area contributed by atoms with Crippen LogP contribution in [0.15, 0.2) is 15.8 Å². The molecule has 13 heavy (non-hydrogen) atoms. The topological polar surface area (TPSA) is 21.1 Å². The van der Waals surface area contributed by atoms with E-state index in [1.807, 2.05) is 6.92 Å². The van der Waals surface area contributed by atoms with Crippen molar-refractivity contribution in [2.75, 3.05) is 11.9 Å². The van der Waals surface area contributed by atoms with Crippen molar-refractivity contribution >= 4 is 28.4 Å². The normalized spacial score (nSPS) is 16.5. The Balaban J connectivity index is 2.43. The number of halogens is 1. The number of rotatable bonds is 0. The highest BCUT2D eigenvalue weighted by molar-refractivity contribution is 14.1. The molecular formula is C9H12IN3. The van der Waals surface area contributed by atoms with Crippen molar-refractivity contribution in [2.45, 2.75) is 19.9 Å². The fraction of sp³-hybridized carbons (Fsp3) is 0.444. The summed E-state index contributed by atoms with van der Waals surface area (Å²) < 4.78 is 3.44. The van der Waals surface area contributed by atoms with Crippen molar-refractivity contribution in [3.05, 3.63) is 21.5 Å². The molecule has 0 saturated heterocycles. The summed E-state index contributed by atoms with van der Waals surface area (Å²) in [4.78, 5) is 2.13. The second-order valence-electron chi connectivity index (χ2n) is 3.30. The van der Waals surface area contributed by atoms with Gasteiger partial charge in [-0.3, -0.25) is 0 Å². The Bertz CT molecular complexity index is 354. The molecule has 3 nitrogen and oxygen atoms in total.